The summed E-state index contributed by atoms with van der Waals surface area (Å²) in [5.41, 5.74) is 2.89. The first-order valence-corrected chi connectivity index (χ1v) is 7.84. The smallest absolute Gasteiger partial charge is 0.171 e. The molecule has 3 aromatic rings. The Kier molecular flexibility index (Phi) is 3.83. The Hall–Kier alpha value is -1.30. The van der Waals surface area contributed by atoms with Crippen LogP contribution in [0.2, 0.25) is 0 Å². The van der Waals surface area contributed by atoms with Crippen LogP contribution in [-0.2, 0) is 0 Å². The average molecular weight is 349 g/mol. The molecule has 0 aliphatic rings. The summed E-state index contributed by atoms with van der Waals surface area (Å²) in [4.78, 5) is 8.90. The normalized spacial score (nSPS) is 12.8. The molecule has 0 radical (unpaired) electrons. The molecular formula is C15H13BrN2OS. The third-order valence-corrected chi connectivity index (χ3v) is 4.89. The molecule has 0 aliphatic carbocycles. The topological polar surface area (TPSA) is 48.9 Å². The number of H-pyrrole nitrogens is 1. The van der Waals surface area contributed by atoms with Gasteiger partial charge in [0.05, 0.1) is 17.1 Å². The zero-order valence-corrected chi connectivity index (χ0v) is 13.2. The maximum Gasteiger partial charge on any atom is 0.171 e. The van der Waals surface area contributed by atoms with Crippen molar-refractivity contribution >= 4 is 38.7 Å². The number of aromatic nitrogens is 2. The molecule has 1 unspecified atom stereocenters. The van der Waals surface area contributed by atoms with Crippen LogP contribution in [0.4, 0.5) is 0 Å². The van der Waals surface area contributed by atoms with Crippen LogP contribution in [0.1, 0.15) is 18.6 Å². The van der Waals surface area contributed by atoms with Crippen LogP contribution in [0.5, 0.6) is 0 Å². The lowest BCUT2D eigenvalue weighted by Gasteiger charge is -2.07. The first kappa shape index (κ1) is 13.7. The zero-order chi connectivity index (χ0) is 14.1. The van der Waals surface area contributed by atoms with Crippen LogP contribution in [0.25, 0.3) is 11.0 Å². The number of fused-ring (bicyclic) bond motifs is 1. The molecule has 0 bridgehead atoms. The molecule has 5 heteroatoms. The van der Waals surface area contributed by atoms with Gasteiger partial charge in [0, 0.05) is 9.37 Å². The molecule has 0 saturated heterocycles. The van der Waals surface area contributed by atoms with E-state index >= 15 is 0 Å². The second-order valence-corrected chi connectivity index (χ2v) is 6.41. The fraction of sp³-hybridized carbons (Fsp3) is 0.133. The fourth-order valence-electron chi connectivity index (χ4n) is 1.94. The number of aliphatic hydroxyl groups is 1. The summed E-state index contributed by atoms with van der Waals surface area (Å²) in [5.74, 6) is 0. The third-order valence-electron chi connectivity index (χ3n) is 3.01. The van der Waals surface area contributed by atoms with Crippen molar-refractivity contribution in [3.63, 3.8) is 0 Å². The van der Waals surface area contributed by atoms with Gasteiger partial charge in [0.15, 0.2) is 5.16 Å². The van der Waals surface area contributed by atoms with E-state index in [1.54, 1.807) is 18.7 Å². The van der Waals surface area contributed by atoms with Crippen LogP contribution in [-0.4, -0.2) is 15.1 Å². The molecule has 3 rings (SSSR count). The number of halogens is 1. The van der Waals surface area contributed by atoms with E-state index in [4.69, 9.17) is 0 Å². The number of nitrogens with zero attached hydrogens (tertiary/aromatic N) is 1. The fourth-order valence-corrected chi connectivity index (χ4v) is 3.39. The second-order valence-electron chi connectivity index (χ2n) is 4.53. The minimum atomic E-state index is -0.462. The number of rotatable bonds is 3. The molecule has 1 atom stereocenters. The van der Waals surface area contributed by atoms with Gasteiger partial charge in [-0.1, -0.05) is 30.0 Å². The number of aliphatic hydroxyl groups excluding tert-OH is 1. The molecule has 3 nitrogen and oxygen atoms in total. The van der Waals surface area contributed by atoms with Crippen LogP contribution in [0, 0.1) is 0 Å². The highest BCUT2D eigenvalue weighted by Crippen LogP contribution is 2.34. The van der Waals surface area contributed by atoms with Crippen molar-refractivity contribution in [2.75, 3.05) is 0 Å². The van der Waals surface area contributed by atoms with E-state index in [-0.39, 0.29) is 0 Å². The Bertz CT molecular complexity index is 721. The van der Waals surface area contributed by atoms with E-state index in [0.717, 1.165) is 31.1 Å². The van der Waals surface area contributed by atoms with Crippen molar-refractivity contribution in [3.8, 4) is 0 Å². The summed E-state index contributed by atoms with van der Waals surface area (Å²) in [5, 5.41) is 10.4. The van der Waals surface area contributed by atoms with E-state index in [9.17, 15) is 5.11 Å². The summed E-state index contributed by atoms with van der Waals surface area (Å²) in [7, 11) is 0. The summed E-state index contributed by atoms with van der Waals surface area (Å²) in [6.45, 7) is 1.76. The standard InChI is InChI=1S/C15H13BrN2OS/c1-9(19)10-6-7-14(11(16)8-10)20-15-17-12-4-2-3-5-13(12)18-15/h2-9,19H,1H3,(H,17,18). The molecular weight excluding hydrogens is 336 g/mol. The molecule has 0 saturated carbocycles. The number of nitrogens with one attached hydrogen (secondary N) is 1. The Labute approximate surface area is 129 Å². The quantitative estimate of drug-likeness (QED) is 0.730. The van der Waals surface area contributed by atoms with Gasteiger partial charge in [-0.3, -0.25) is 0 Å². The van der Waals surface area contributed by atoms with Gasteiger partial charge in [0.25, 0.3) is 0 Å². The van der Waals surface area contributed by atoms with E-state index in [1.807, 2.05) is 42.5 Å². The lowest BCUT2D eigenvalue weighted by atomic mass is 10.1. The number of hydrogen-bond acceptors (Lipinski definition) is 3. The third kappa shape index (κ3) is 2.75. The number of para-hydroxylation sites is 2. The lowest BCUT2D eigenvalue weighted by Crippen LogP contribution is -1.91. The van der Waals surface area contributed by atoms with Crippen LogP contribution in [0.3, 0.4) is 0 Å². The van der Waals surface area contributed by atoms with Gasteiger partial charge >= 0.3 is 0 Å². The maximum absolute atomic E-state index is 9.58. The van der Waals surface area contributed by atoms with Crippen molar-refractivity contribution in [1.29, 1.82) is 0 Å². The van der Waals surface area contributed by atoms with E-state index in [2.05, 4.69) is 25.9 Å². The molecule has 0 fully saturated rings. The molecule has 2 aromatic carbocycles. The highest BCUT2D eigenvalue weighted by molar-refractivity contribution is 9.10. The molecule has 0 amide bonds. The lowest BCUT2D eigenvalue weighted by molar-refractivity contribution is 0.199. The van der Waals surface area contributed by atoms with Crippen molar-refractivity contribution in [2.45, 2.75) is 23.1 Å². The van der Waals surface area contributed by atoms with Gasteiger partial charge in [-0.05, 0) is 52.7 Å². The van der Waals surface area contributed by atoms with Crippen LogP contribution >= 0.6 is 27.7 Å². The van der Waals surface area contributed by atoms with Gasteiger partial charge in [0.1, 0.15) is 0 Å². The summed E-state index contributed by atoms with van der Waals surface area (Å²) in [6.07, 6.45) is -0.462. The molecule has 20 heavy (non-hydrogen) atoms. The molecule has 1 aromatic heterocycles. The Morgan fingerprint density at radius 1 is 1.25 bits per heavy atom. The van der Waals surface area contributed by atoms with Crippen molar-refractivity contribution in [2.24, 2.45) is 0 Å². The SMILES string of the molecule is CC(O)c1ccc(Sc2nc3ccccc3[nH]2)c(Br)c1. The van der Waals surface area contributed by atoms with Crippen molar-refractivity contribution < 1.29 is 5.11 Å². The second kappa shape index (κ2) is 5.60. The summed E-state index contributed by atoms with van der Waals surface area (Å²) < 4.78 is 0.960. The van der Waals surface area contributed by atoms with Gasteiger partial charge in [0.2, 0.25) is 0 Å². The minimum Gasteiger partial charge on any atom is -0.389 e. The molecule has 0 aliphatic heterocycles. The van der Waals surface area contributed by atoms with Gasteiger partial charge in [-0.25, -0.2) is 4.98 Å². The molecule has 102 valence electrons. The van der Waals surface area contributed by atoms with Crippen molar-refractivity contribution in [3.05, 3.63) is 52.5 Å². The first-order chi connectivity index (χ1) is 9.63. The molecule has 2 N–H and O–H groups in total. The molecule has 1 heterocycles. The average Bonchev–Trinajstić information content (AvgIpc) is 2.83. The Morgan fingerprint density at radius 2 is 2.05 bits per heavy atom. The largest absolute Gasteiger partial charge is 0.389 e. The number of hydrogen-bond donors (Lipinski definition) is 2. The van der Waals surface area contributed by atoms with Gasteiger partial charge < -0.3 is 10.1 Å². The maximum atomic E-state index is 9.58. The Morgan fingerprint density at radius 3 is 2.75 bits per heavy atom. The number of imidazole rings is 1. The van der Waals surface area contributed by atoms with Crippen LogP contribution in [0.15, 0.2) is 57.0 Å². The number of benzene rings is 2. The minimum absolute atomic E-state index is 0.462. The monoisotopic (exact) mass is 348 g/mol. The van der Waals surface area contributed by atoms with E-state index in [1.165, 1.54) is 0 Å². The van der Waals surface area contributed by atoms with Crippen molar-refractivity contribution in [1.82, 2.24) is 9.97 Å². The van der Waals surface area contributed by atoms with Gasteiger partial charge in [-0.15, -0.1) is 0 Å². The predicted octanol–water partition coefficient (Wildman–Crippen LogP) is 4.53. The predicted molar refractivity (Wildman–Crippen MR) is 85.0 cm³/mol. The summed E-state index contributed by atoms with van der Waals surface area (Å²) >= 11 is 5.11. The highest BCUT2D eigenvalue weighted by Gasteiger charge is 2.09. The van der Waals surface area contributed by atoms with E-state index < -0.39 is 6.10 Å². The van der Waals surface area contributed by atoms with Crippen LogP contribution < -0.4 is 0 Å². The molecule has 0 spiro atoms. The van der Waals surface area contributed by atoms with E-state index in [0.29, 0.717) is 0 Å². The number of aromatic amines is 1. The first-order valence-electron chi connectivity index (χ1n) is 6.23. The zero-order valence-electron chi connectivity index (χ0n) is 10.8. The summed E-state index contributed by atoms with van der Waals surface area (Å²) in [6, 6.07) is 13.8. The Balaban J connectivity index is 1.90. The van der Waals surface area contributed by atoms with Gasteiger partial charge in [-0.2, -0.15) is 0 Å². The highest BCUT2D eigenvalue weighted by atomic mass is 79.9.